The number of hydrogen-bond donors (Lipinski definition) is 4. The van der Waals surface area contributed by atoms with Gasteiger partial charge in [-0.05, 0) is 12.1 Å². The van der Waals surface area contributed by atoms with Crippen LogP contribution in [0, 0.1) is 11.6 Å². The zero-order chi connectivity index (χ0) is 17.2. The summed E-state index contributed by atoms with van der Waals surface area (Å²) in [6.45, 7) is 5.74. The van der Waals surface area contributed by atoms with Crippen LogP contribution in [-0.2, 0) is 5.41 Å². The zero-order valence-corrected chi connectivity index (χ0v) is 13.0. The van der Waals surface area contributed by atoms with Gasteiger partial charge >= 0.3 is 5.95 Å². The van der Waals surface area contributed by atoms with E-state index in [-0.39, 0.29) is 28.6 Å². The van der Waals surface area contributed by atoms with Gasteiger partial charge in [0, 0.05) is 17.5 Å². The lowest BCUT2D eigenvalue weighted by Gasteiger charge is -2.14. The van der Waals surface area contributed by atoms with E-state index >= 15 is 0 Å². The maximum atomic E-state index is 13.6. The Morgan fingerprint density at radius 3 is 2.61 bits per heavy atom. The van der Waals surface area contributed by atoms with Crippen LogP contribution < -0.4 is 21.6 Å². The summed E-state index contributed by atoms with van der Waals surface area (Å²) in [7, 11) is 0. The van der Waals surface area contributed by atoms with Crippen molar-refractivity contribution in [2.24, 2.45) is 5.73 Å². The van der Waals surface area contributed by atoms with Gasteiger partial charge in [-0.1, -0.05) is 20.8 Å². The Kier molecular flexibility index (Phi) is 4.44. The first-order valence-electron chi connectivity index (χ1n) is 6.88. The van der Waals surface area contributed by atoms with E-state index in [1.54, 1.807) is 0 Å². The summed E-state index contributed by atoms with van der Waals surface area (Å²) in [6.07, 6.45) is 0. The van der Waals surface area contributed by atoms with Crippen molar-refractivity contribution in [3.8, 4) is 0 Å². The Balaban J connectivity index is 2.30. The van der Waals surface area contributed by atoms with Gasteiger partial charge in [-0.2, -0.15) is 0 Å². The second-order valence-corrected chi connectivity index (χ2v) is 6.02. The number of nitrogens with zero attached hydrogens (tertiary/aromatic N) is 1. The molecule has 0 aliphatic carbocycles. The first kappa shape index (κ1) is 16.6. The summed E-state index contributed by atoms with van der Waals surface area (Å²) in [5.74, 6) is -1.43. The number of anilines is 1. The number of nitrogens with one attached hydrogen (secondary N) is 3. The van der Waals surface area contributed by atoms with Crippen LogP contribution in [0.5, 0.6) is 0 Å². The molecule has 0 fully saturated rings. The van der Waals surface area contributed by atoms with Crippen molar-refractivity contribution < 1.29 is 13.8 Å². The van der Waals surface area contributed by atoms with Gasteiger partial charge in [-0.3, -0.25) is 10.1 Å². The van der Waals surface area contributed by atoms with E-state index in [4.69, 9.17) is 5.73 Å². The number of halogens is 2. The van der Waals surface area contributed by atoms with Crippen molar-refractivity contribution >= 4 is 17.6 Å². The largest absolute Gasteiger partial charge is 0.325 e. The van der Waals surface area contributed by atoms with Gasteiger partial charge in [0.15, 0.2) is 5.82 Å². The number of nitrogens with two attached hydrogens (primary N) is 1. The molecule has 0 radical (unpaired) electrons. The molecule has 2 aromatic rings. The minimum atomic E-state index is -0.792. The third-order valence-electron chi connectivity index (χ3n) is 2.96. The molecule has 0 aliphatic rings. The highest BCUT2D eigenvalue weighted by Gasteiger charge is 2.19. The Morgan fingerprint density at radius 1 is 1.30 bits per heavy atom. The molecule has 122 valence electrons. The summed E-state index contributed by atoms with van der Waals surface area (Å²) in [6, 6.07) is 4.43. The molecule has 0 saturated carbocycles. The van der Waals surface area contributed by atoms with Gasteiger partial charge < -0.3 is 5.73 Å². The fourth-order valence-electron chi connectivity index (χ4n) is 1.80. The van der Waals surface area contributed by atoms with E-state index in [9.17, 15) is 13.6 Å². The smallest absolute Gasteiger partial charge is 0.322 e. The first-order valence-corrected chi connectivity index (χ1v) is 6.88. The fourth-order valence-corrected chi connectivity index (χ4v) is 1.80. The number of benzene rings is 1. The van der Waals surface area contributed by atoms with Crippen LogP contribution in [0.15, 0.2) is 29.1 Å². The van der Waals surface area contributed by atoms with Crippen molar-refractivity contribution in [1.82, 2.24) is 9.97 Å². The Hall–Kier alpha value is -2.77. The third-order valence-corrected chi connectivity index (χ3v) is 2.96. The van der Waals surface area contributed by atoms with E-state index in [1.807, 2.05) is 20.8 Å². The topological polar surface area (TPSA) is 97.8 Å². The summed E-state index contributed by atoms with van der Waals surface area (Å²) in [4.78, 5) is 21.1. The summed E-state index contributed by atoms with van der Waals surface area (Å²) in [5.41, 5.74) is 5.63. The Labute approximate surface area is 131 Å². The maximum Gasteiger partial charge on any atom is 0.325 e. The predicted molar refractivity (Wildman–Crippen MR) is 83.4 cm³/mol. The highest BCUT2D eigenvalue weighted by molar-refractivity contribution is 5.88. The molecular formula is C15H18F2N5O+. The second kappa shape index (κ2) is 6.15. The lowest BCUT2D eigenvalue weighted by molar-refractivity contribution is -0.365. The van der Waals surface area contributed by atoms with Crippen molar-refractivity contribution in [3.63, 3.8) is 0 Å². The van der Waals surface area contributed by atoms with Crippen LogP contribution >= 0.6 is 0 Å². The van der Waals surface area contributed by atoms with Crippen LogP contribution in [0.1, 0.15) is 26.5 Å². The van der Waals surface area contributed by atoms with E-state index in [1.165, 1.54) is 12.1 Å². The average molecular weight is 322 g/mol. The van der Waals surface area contributed by atoms with Crippen LogP contribution in [0.3, 0.4) is 0 Å². The molecule has 1 heterocycles. The monoisotopic (exact) mass is 322 g/mol. The number of rotatable bonds is 2. The predicted octanol–water partition coefficient (Wildman–Crippen LogP) is 0.484. The number of guanidine groups is 1. The van der Waals surface area contributed by atoms with E-state index < -0.39 is 11.6 Å². The van der Waals surface area contributed by atoms with Gasteiger partial charge in [0.1, 0.15) is 17.2 Å². The van der Waals surface area contributed by atoms with E-state index in [0.717, 1.165) is 12.1 Å². The highest BCUT2D eigenvalue weighted by atomic mass is 19.1. The zero-order valence-electron chi connectivity index (χ0n) is 13.0. The Morgan fingerprint density at radius 2 is 2.00 bits per heavy atom. The molecule has 0 aliphatic heterocycles. The molecule has 2 rings (SSSR count). The van der Waals surface area contributed by atoms with Gasteiger partial charge in [-0.15, -0.1) is 4.98 Å². The second-order valence-electron chi connectivity index (χ2n) is 6.02. The lowest BCUT2D eigenvalue weighted by Crippen LogP contribution is -2.73. The molecule has 0 amide bonds. The summed E-state index contributed by atoms with van der Waals surface area (Å²) >= 11 is 0. The van der Waals surface area contributed by atoms with E-state index in [2.05, 4.69) is 20.3 Å². The SMILES string of the molecule is CC(C)(C)c1cc(=O)[nH]c([NH+]=C(N)Nc2ccc(F)cc2F)n1. The number of H-pyrrole nitrogens is 1. The van der Waals surface area contributed by atoms with Gasteiger partial charge in [0.2, 0.25) is 0 Å². The molecular weight excluding hydrogens is 304 g/mol. The number of hydrogen-bond acceptors (Lipinski definition) is 2. The van der Waals surface area contributed by atoms with Crippen LogP contribution in [0.2, 0.25) is 0 Å². The third kappa shape index (κ3) is 4.35. The van der Waals surface area contributed by atoms with Crippen molar-refractivity contribution in [2.75, 3.05) is 5.32 Å². The molecule has 0 spiro atoms. The minimum absolute atomic E-state index is 0.00859. The standard InChI is InChI=1S/C15H17F2N5O/c1-15(2,3)11-7-12(23)21-14(20-11)22-13(18)19-10-5-4-8(16)6-9(10)17/h4-7H,1-3H3,(H4,18,19,20,21,22,23)/p+1. The minimum Gasteiger partial charge on any atom is -0.322 e. The summed E-state index contributed by atoms with van der Waals surface area (Å²) < 4.78 is 26.4. The highest BCUT2D eigenvalue weighted by Crippen LogP contribution is 2.18. The number of aromatic amines is 1. The molecule has 1 aromatic heterocycles. The van der Waals surface area contributed by atoms with Gasteiger partial charge in [0.25, 0.3) is 11.5 Å². The molecule has 0 bridgehead atoms. The lowest BCUT2D eigenvalue weighted by atomic mass is 9.92. The van der Waals surface area contributed by atoms with E-state index in [0.29, 0.717) is 5.69 Å². The molecule has 5 N–H and O–H groups in total. The van der Waals surface area contributed by atoms with Crippen molar-refractivity contribution in [3.05, 3.63) is 51.9 Å². The fraction of sp³-hybridized carbons (Fsp3) is 0.267. The molecule has 0 saturated heterocycles. The summed E-state index contributed by atoms with van der Waals surface area (Å²) in [5, 5.41) is 2.54. The molecule has 23 heavy (non-hydrogen) atoms. The molecule has 8 heteroatoms. The first-order chi connectivity index (χ1) is 10.6. The van der Waals surface area contributed by atoms with Crippen LogP contribution in [0.4, 0.5) is 20.4 Å². The molecule has 0 unspecified atom stereocenters. The normalized spacial score (nSPS) is 12.3. The maximum absolute atomic E-state index is 13.6. The quantitative estimate of drug-likeness (QED) is 0.478. The molecule has 1 aromatic carbocycles. The van der Waals surface area contributed by atoms with Gasteiger partial charge in [0.05, 0.1) is 0 Å². The van der Waals surface area contributed by atoms with Crippen LogP contribution in [0.25, 0.3) is 0 Å². The average Bonchev–Trinajstić information content (AvgIpc) is 2.40. The van der Waals surface area contributed by atoms with Crippen molar-refractivity contribution in [1.29, 1.82) is 0 Å². The Bertz CT molecular complexity index is 808. The molecule has 6 nitrogen and oxygen atoms in total. The van der Waals surface area contributed by atoms with Crippen molar-refractivity contribution in [2.45, 2.75) is 26.2 Å². The van der Waals surface area contributed by atoms with Crippen LogP contribution in [-0.4, -0.2) is 15.9 Å². The van der Waals surface area contributed by atoms with Gasteiger partial charge in [-0.25, -0.2) is 18.8 Å². The number of aromatic nitrogens is 2. The molecule has 0 atom stereocenters.